The van der Waals surface area contributed by atoms with Gasteiger partial charge in [-0.05, 0) is 11.9 Å². The lowest BCUT2D eigenvalue weighted by atomic mass is 10.1. The summed E-state index contributed by atoms with van der Waals surface area (Å²) in [5.74, 6) is -0.529. The van der Waals surface area contributed by atoms with Crippen molar-refractivity contribution in [2.24, 2.45) is 0 Å². The zero-order valence-corrected chi connectivity index (χ0v) is 8.86. The number of benzene rings is 1. The van der Waals surface area contributed by atoms with E-state index in [0.717, 1.165) is 4.90 Å². The first-order valence-electron chi connectivity index (χ1n) is 8.14. The number of aromatic amines is 1. The van der Waals surface area contributed by atoms with Gasteiger partial charge in [0.2, 0.25) is 0 Å². The highest BCUT2D eigenvalue weighted by Crippen LogP contribution is 2.17. The molecule has 0 atom stereocenters. The van der Waals surface area contributed by atoms with Gasteiger partial charge in [-0.2, -0.15) is 5.16 Å². The van der Waals surface area contributed by atoms with Crippen LogP contribution in [0.2, 0.25) is 0 Å². The zero-order valence-electron chi connectivity index (χ0n) is 14.9. The van der Waals surface area contributed by atoms with Crippen LogP contribution in [0.15, 0.2) is 39.6 Å². The van der Waals surface area contributed by atoms with E-state index in [4.69, 9.17) is 12.7 Å². The molecule has 1 aliphatic rings. The van der Waals surface area contributed by atoms with Crippen molar-refractivity contribution < 1.29 is 12.7 Å². The van der Waals surface area contributed by atoms with Gasteiger partial charge in [-0.25, -0.2) is 0 Å². The molecule has 0 saturated heterocycles. The van der Waals surface area contributed by atoms with Crippen LogP contribution in [0.3, 0.4) is 0 Å². The molecule has 88 valence electrons. The summed E-state index contributed by atoms with van der Waals surface area (Å²) >= 11 is 0. The maximum Gasteiger partial charge on any atom is 0.283 e. The molecule has 2 heterocycles. The molecule has 0 aliphatic carbocycles. The van der Waals surface area contributed by atoms with Gasteiger partial charge in [0.1, 0.15) is 0 Å². The van der Waals surface area contributed by atoms with E-state index >= 15 is 0 Å². The van der Waals surface area contributed by atoms with Gasteiger partial charge in [-0.3, -0.25) is 9.69 Å². The molecule has 0 spiro atoms. The molecule has 0 bridgehead atoms. The minimum Gasteiger partial charge on any atom is -0.382 e. The number of fused-ring (bicyclic) bond motifs is 1. The van der Waals surface area contributed by atoms with Crippen molar-refractivity contribution in [3.05, 3.63) is 57.6 Å². The van der Waals surface area contributed by atoms with Crippen LogP contribution in [0.1, 0.15) is 25.1 Å². The van der Waals surface area contributed by atoms with Gasteiger partial charge in [0.25, 0.3) is 5.56 Å². The van der Waals surface area contributed by atoms with E-state index in [9.17, 15) is 4.79 Å². The van der Waals surface area contributed by atoms with Crippen molar-refractivity contribution >= 4 is 0 Å². The van der Waals surface area contributed by atoms with Crippen LogP contribution in [0.25, 0.3) is 0 Å². The molecule has 4 nitrogen and oxygen atoms in total. The Kier molecular flexibility index (Phi) is 1.41. The number of hydrogen-bond donors (Lipinski definition) is 1. The Morgan fingerprint density at radius 3 is 3.06 bits per heavy atom. The lowest BCUT2D eigenvalue weighted by Gasteiger charge is -2.24. The summed E-state index contributed by atoms with van der Waals surface area (Å²) in [6.45, 7) is -5.43. The lowest BCUT2D eigenvalue weighted by Crippen LogP contribution is -2.31. The van der Waals surface area contributed by atoms with E-state index in [1.165, 1.54) is 0 Å². The van der Waals surface area contributed by atoms with Crippen LogP contribution in [-0.2, 0) is 19.4 Å². The zero-order chi connectivity index (χ0) is 17.0. The molecule has 4 heteroatoms. The van der Waals surface area contributed by atoms with E-state index in [0.29, 0.717) is 5.56 Å². The van der Waals surface area contributed by atoms with E-state index in [-0.39, 0.29) is 6.54 Å². The molecule has 1 aromatic carbocycles. The third kappa shape index (κ3) is 2.03. The summed E-state index contributed by atoms with van der Waals surface area (Å²) in [7, 11) is 0. The average molecular weight is 236 g/mol. The highest BCUT2D eigenvalue weighted by molar-refractivity contribution is 5.19. The highest BCUT2D eigenvalue weighted by Gasteiger charge is 2.22. The summed E-state index contributed by atoms with van der Waals surface area (Å²) in [6, 6.07) is 8.59. The minimum atomic E-state index is -2.75. The van der Waals surface area contributed by atoms with E-state index in [1.54, 1.807) is 30.3 Å². The summed E-state index contributed by atoms with van der Waals surface area (Å²) in [6.07, 6.45) is -2.73. The topological polar surface area (TPSA) is 49.2 Å². The van der Waals surface area contributed by atoms with Crippen molar-refractivity contribution in [1.82, 2.24) is 10.1 Å². The van der Waals surface area contributed by atoms with Gasteiger partial charge in [0.05, 0.1) is 14.8 Å². The molecule has 3 rings (SSSR count). The van der Waals surface area contributed by atoms with E-state index in [1.807, 2.05) is 5.16 Å². The fourth-order valence-electron chi connectivity index (χ4n) is 1.61. The molecule has 0 saturated carbocycles. The lowest BCUT2D eigenvalue weighted by molar-refractivity contribution is 0.210. The number of nitrogens with one attached hydrogen (secondary N) is 1. The second-order valence-electron chi connectivity index (χ2n) is 3.66. The molecule has 0 fully saturated rings. The molecule has 17 heavy (non-hydrogen) atoms. The van der Waals surface area contributed by atoms with Gasteiger partial charge in [0, 0.05) is 18.5 Å². The van der Waals surface area contributed by atoms with E-state index in [2.05, 4.69) is 0 Å². The van der Waals surface area contributed by atoms with Gasteiger partial charge < -0.3 is 4.52 Å². The van der Waals surface area contributed by atoms with Gasteiger partial charge in [-0.1, -0.05) is 30.3 Å². The first-order chi connectivity index (χ1) is 10.6. The largest absolute Gasteiger partial charge is 0.382 e. The smallest absolute Gasteiger partial charge is 0.283 e. The maximum atomic E-state index is 11.8. The van der Waals surface area contributed by atoms with E-state index < -0.39 is 36.2 Å². The number of nitrogens with zero attached hydrogens (tertiary/aromatic N) is 1. The summed E-state index contributed by atoms with van der Waals surface area (Å²) in [5.41, 5.74) is -0.994. The van der Waals surface area contributed by atoms with Crippen molar-refractivity contribution in [3.63, 3.8) is 0 Å². The number of hydrogen-bond acceptors (Lipinski definition) is 3. The fraction of sp³-hybridized carbons (Fsp3) is 0.308. The van der Waals surface area contributed by atoms with Crippen LogP contribution in [-0.4, -0.2) is 16.6 Å². The Balaban J connectivity index is 2.18. The molecule has 0 unspecified atom stereocenters. The standard InChI is InChI=1S/C13H14N2O2/c16-13-11-6-7-15(9-12(11)17-14-13)8-10-4-2-1-3-5-10/h1-5H,6-9H2,(H,14,16)/i6D2,7D2,9D2. The Bertz CT molecular complexity index is 783. The minimum absolute atomic E-state index is 0.186. The second kappa shape index (κ2) is 4.22. The van der Waals surface area contributed by atoms with Crippen molar-refractivity contribution in [2.45, 2.75) is 19.4 Å². The van der Waals surface area contributed by atoms with Gasteiger partial charge in [0.15, 0.2) is 5.76 Å². The van der Waals surface area contributed by atoms with Crippen LogP contribution >= 0.6 is 0 Å². The number of rotatable bonds is 2. The monoisotopic (exact) mass is 236 g/mol. The first kappa shape index (κ1) is 5.69. The normalized spacial score (nSPS) is 29.9. The summed E-state index contributed by atoms with van der Waals surface area (Å²) in [4.78, 5) is 12.5. The van der Waals surface area contributed by atoms with Gasteiger partial charge in [-0.15, -0.1) is 0 Å². The average Bonchev–Trinajstić information content (AvgIpc) is 2.87. The number of H-pyrrole nitrogens is 1. The Morgan fingerprint density at radius 2 is 2.24 bits per heavy atom. The number of aromatic nitrogens is 1. The molecule has 1 N–H and O–H groups in total. The molecular weight excluding hydrogens is 216 g/mol. The molecule has 0 radical (unpaired) electrons. The Hall–Kier alpha value is -1.81. The summed E-state index contributed by atoms with van der Waals surface area (Å²) < 4.78 is 53.6. The fourth-order valence-corrected chi connectivity index (χ4v) is 1.61. The highest BCUT2D eigenvalue weighted by atomic mass is 16.5. The molecule has 1 aliphatic heterocycles. The van der Waals surface area contributed by atoms with Crippen LogP contribution in [0.5, 0.6) is 0 Å². The third-order valence-electron chi connectivity index (χ3n) is 2.44. The van der Waals surface area contributed by atoms with Crippen LogP contribution < -0.4 is 5.56 Å². The molecular formula is C13H14N2O2. The van der Waals surface area contributed by atoms with Crippen LogP contribution in [0.4, 0.5) is 0 Å². The molecule has 2 aromatic rings. The van der Waals surface area contributed by atoms with Crippen molar-refractivity contribution in [1.29, 1.82) is 0 Å². The first-order valence-corrected chi connectivity index (χ1v) is 5.14. The Labute approximate surface area is 107 Å². The van der Waals surface area contributed by atoms with Gasteiger partial charge >= 0.3 is 0 Å². The predicted octanol–water partition coefficient (Wildman–Crippen LogP) is 1.53. The van der Waals surface area contributed by atoms with Crippen molar-refractivity contribution in [3.8, 4) is 0 Å². The van der Waals surface area contributed by atoms with Crippen LogP contribution in [0, 0.1) is 0 Å². The Morgan fingerprint density at radius 1 is 1.41 bits per heavy atom. The third-order valence-corrected chi connectivity index (χ3v) is 2.44. The quantitative estimate of drug-likeness (QED) is 0.860. The maximum absolute atomic E-state index is 11.8. The molecule has 0 amide bonds. The molecule has 1 aromatic heterocycles. The second-order valence-corrected chi connectivity index (χ2v) is 3.66. The van der Waals surface area contributed by atoms with Crippen molar-refractivity contribution in [2.75, 3.05) is 6.50 Å². The summed E-state index contributed by atoms with van der Waals surface area (Å²) in [5, 5.41) is 1.91. The predicted molar refractivity (Wildman–Crippen MR) is 63.6 cm³/mol. The SMILES string of the molecule is [2H]C1([2H])c2o[nH]c(=O)c2C([2H])([2H])C([2H])([2H])N1Cc1ccccc1.